The predicted octanol–water partition coefficient (Wildman–Crippen LogP) is 3.72. The average molecular weight is 261 g/mol. The van der Waals surface area contributed by atoms with Gasteiger partial charge in [-0.1, -0.05) is 45.0 Å². The van der Waals surface area contributed by atoms with Crippen LogP contribution in [0.4, 0.5) is 0 Å². The van der Waals surface area contributed by atoms with E-state index in [4.69, 9.17) is 0 Å². The molecule has 0 spiro atoms. The molecule has 1 aromatic heterocycles. The van der Waals surface area contributed by atoms with E-state index in [1.165, 1.54) is 16.9 Å². The molecular weight excluding hydrogens is 242 g/mol. The molecule has 0 aliphatic rings. The number of nitrogens with zero attached hydrogens (tertiary/aromatic N) is 1. The lowest BCUT2D eigenvalue weighted by atomic mass is 9.86. The molecule has 1 aromatic carbocycles. The largest absolute Gasteiger partial charge is 0.386 e. The Labute approximate surface area is 112 Å². The van der Waals surface area contributed by atoms with Gasteiger partial charge in [0.15, 0.2) is 0 Å². The second kappa shape index (κ2) is 5.21. The zero-order valence-electron chi connectivity index (χ0n) is 11.1. The second-order valence-corrected chi connectivity index (χ2v) is 6.46. The Kier molecular flexibility index (Phi) is 3.83. The van der Waals surface area contributed by atoms with Gasteiger partial charge in [0.05, 0.1) is 0 Å². The summed E-state index contributed by atoms with van der Waals surface area (Å²) in [5.74, 6) is 0. The van der Waals surface area contributed by atoms with Gasteiger partial charge < -0.3 is 5.11 Å². The van der Waals surface area contributed by atoms with Crippen molar-refractivity contribution >= 4 is 11.3 Å². The maximum Gasteiger partial charge on any atom is 0.121 e. The van der Waals surface area contributed by atoms with Crippen LogP contribution in [0.1, 0.15) is 43.0 Å². The van der Waals surface area contributed by atoms with Gasteiger partial charge in [0.1, 0.15) is 11.1 Å². The summed E-state index contributed by atoms with van der Waals surface area (Å²) in [4.78, 5) is 4.14. The van der Waals surface area contributed by atoms with Gasteiger partial charge in [-0.05, 0) is 16.5 Å². The third-order valence-electron chi connectivity index (χ3n) is 2.99. The highest BCUT2D eigenvalue weighted by molar-refractivity contribution is 7.09. The highest BCUT2D eigenvalue weighted by atomic mass is 32.1. The molecule has 0 aliphatic heterocycles. The van der Waals surface area contributed by atoms with Crippen molar-refractivity contribution in [1.29, 1.82) is 0 Å². The lowest BCUT2D eigenvalue weighted by Gasteiger charge is -2.19. The van der Waals surface area contributed by atoms with E-state index in [0.717, 1.165) is 10.6 Å². The fourth-order valence-electron chi connectivity index (χ4n) is 1.85. The first-order valence-electron chi connectivity index (χ1n) is 6.14. The summed E-state index contributed by atoms with van der Waals surface area (Å²) in [6, 6.07) is 8.47. The van der Waals surface area contributed by atoms with Crippen LogP contribution in [0, 0.1) is 0 Å². The summed E-state index contributed by atoms with van der Waals surface area (Å²) in [7, 11) is 0. The van der Waals surface area contributed by atoms with Crippen LogP contribution >= 0.6 is 11.3 Å². The van der Waals surface area contributed by atoms with E-state index in [-0.39, 0.29) is 5.41 Å². The molecule has 0 bridgehead atoms. The molecule has 0 aliphatic carbocycles. The van der Waals surface area contributed by atoms with Crippen molar-refractivity contribution in [1.82, 2.24) is 4.98 Å². The van der Waals surface area contributed by atoms with Crippen LogP contribution in [0.25, 0.3) is 0 Å². The molecule has 1 unspecified atom stereocenters. The maximum atomic E-state index is 10.0. The summed E-state index contributed by atoms with van der Waals surface area (Å²) in [5.41, 5.74) is 2.63. The fraction of sp³-hybridized carbons (Fsp3) is 0.400. The van der Waals surface area contributed by atoms with E-state index in [1.54, 1.807) is 6.20 Å². The quantitative estimate of drug-likeness (QED) is 0.913. The second-order valence-electron chi connectivity index (χ2n) is 5.54. The van der Waals surface area contributed by atoms with E-state index in [2.05, 4.69) is 50.0 Å². The fourth-order valence-corrected chi connectivity index (χ4v) is 2.47. The van der Waals surface area contributed by atoms with Crippen LogP contribution in [-0.2, 0) is 11.8 Å². The van der Waals surface area contributed by atoms with Gasteiger partial charge in [-0.3, -0.25) is 0 Å². The molecule has 0 saturated heterocycles. The summed E-state index contributed by atoms with van der Waals surface area (Å²) < 4.78 is 0. The van der Waals surface area contributed by atoms with Crippen molar-refractivity contribution in [3.05, 3.63) is 52.0 Å². The number of hydrogen-bond acceptors (Lipinski definition) is 3. The standard InChI is InChI=1S/C15H19NOS/c1-15(2,3)12-6-4-11(5-7-12)10-13(17)14-16-8-9-18-14/h4-9,13,17H,10H2,1-3H3. The van der Waals surface area contributed by atoms with Crippen LogP contribution in [0.2, 0.25) is 0 Å². The highest BCUT2D eigenvalue weighted by Crippen LogP contribution is 2.24. The number of rotatable bonds is 3. The molecule has 1 atom stereocenters. The number of aliphatic hydroxyl groups excluding tert-OH is 1. The molecule has 0 radical (unpaired) electrons. The molecule has 0 saturated carbocycles. The lowest BCUT2D eigenvalue weighted by molar-refractivity contribution is 0.178. The van der Waals surface area contributed by atoms with Crippen LogP contribution in [0.3, 0.4) is 0 Å². The SMILES string of the molecule is CC(C)(C)c1ccc(CC(O)c2nccs2)cc1. The molecule has 18 heavy (non-hydrogen) atoms. The van der Waals surface area contributed by atoms with Crippen LogP contribution < -0.4 is 0 Å². The summed E-state index contributed by atoms with van der Waals surface area (Å²) in [6.45, 7) is 6.60. The Morgan fingerprint density at radius 3 is 2.39 bits per heavy atom. The van der Waals surface area contributed by atoms with Crippen molar-refractivity contribution in [3.8, 4) is 0 Å². The molecule has 3 heteroatoms. The Bertz CT molecular complexity index is 482. The van der Waals surface area contributed by atoms with Crippen molar-refractivity contribution in [3.63, 3.8) is 0 Å². The number of benzene rings is 1. The van der Waals surface area contributed by atoms with Crippen molar-refractivity contribution in [2.45, 2.75) is 38.7 Å². The highest BCUT2D eigenvalue weighted by Gasteiger charge is 2.14. The third kappa shape index (κ3) is 3.18. The van der Waals surface area contributed by atoms with Gasteiger partial charge in [0, 0.05) is 18.0 Å². The summed E-state index contributed by atoms with van der Waals surface area (Å²) in [6.07, 6.45) is 1.86. The molecule has 0 amide bonds. The number of aromatic nitrogens is 1. The molecule has 2 rings (SSSR count). The topological polar surface area (TPSA) is 33.1 Å². The summed E-state index contributed by atoms with van der Waals surface area (Å²) >= 11 is 1.50. The Hall–Kier alpha value is -1.19. The minimum Gasteiger partial charge on any atom is -0.386 e. The van der Waals surface area contributed by atoms with Crippen LogP contribution in [-0.4, -0.2) is 10.1 Å². The van der Waals surface area contributed by atoms with Gasteiger partial charge >= 0.3 is 0 Å². The van der Waals surface area contributed by atoms with Crippen LogP contribution in [0.5, 0.6) is 0 Å². The molecule has 1 heterocycles. The molecular formula is C15H19NOS. The van der Waals surface area contributed by atoms with E-state index in [1.807, 2.05) is 5.38 Å². The molecule has 2 aromatic rings. The number of hydrogen-bond donors (Lipinski definition) is 1. The zero-order valence-corrected chi connectivity index (χ0v) is 11.9. The zero-order chi connectivity index (χ0) is 13.2. The lowest BCUT2D eigenvalue weighted by Crippen LogP contribution is -2.11. The minimum atomic E-state index is -0.495. The van der Waals surface area contributed by atoms with E-state index in [0.29, 0.717) is 6.42 Å². The van der Waals surface area contributed by atoms with Gasteiger partial charge in [0.2, 0.25) is 0 Å². The van der Waals surface area contributed by atoms with Crippen molar-refractivity contribution in [2.75, 3.05) is 0 Å². The van der Waals surface area contributed by atoms with Crippen molar-refractivity contribution in [2.24, 2.45) is 0 Å². The number of thiazole rings is 1. The van der Waals surface area contributed by atoms with Crippen LogP contribution in [0.15, 0.2) is 35.8 Å². The Balaban J connectivity index is 2.07. The van der Waals surface area contributed by atoms with Gasteiger partial charge in [-0.15, -0.1) is 11.3 Å². The smallest absolute Gasteiger partial charge is 0.121 e. The van der Waals surface area contributed by atoms with E-state index < -0.39 is 6.10 Å². The van der Waals surface area contributed by atoms with E-state index >= 15 is 0 Å². The Morgan fingerprint density at radius 2 is 1.89 bits per heavy atom. The third-order valence-corrected chi connectivity index (χ3v) is 3.86. The van der Waals surface area contributed by atoms with Gasteiger partial charge in [0.25, 0.3) is 0 Å². The van der Waals surface area contributed by atoms with E-state index in [9.17, 15) is 5.11 Å². The maximum absolute atomic E-state index is 10.0. The molecule has 2 nitrogen and oxygen atoms in total. The van der Waals surface area contributed by atoms with Gasteiger partial charge in [-0.25, -0.2) is 4.98 Å². The molecule has 0 fully saturated rings. The molecule has 1 N–H and O–H groups in total. The monoisotopic (exact) mass is 261 g/mol. The minimum absolute atomic E-state index is 0.173. The first-order valence-corrected chi connectivity index (χ1v) is 7.01. The summed E-state index contributed by atoms with van der Waals surface area (Å²) in [5, 5.41) is 12.7. The number of aliphatic hydroxyl groups is 1. The normalized spacial score (nSPS) is 13.6. The van der Waals surface area contributed by atoms with Crippen molar-refractivity contribution < 1.29 is 5.11 Å². The Morgan fingerprint density at radius 1 is 1.22 bits per heavy atom. The average Bonchev–Trinajstić information content (AvgIpc) is 2.82. The predicted molar refractivity (Wildman–Crippen MR) is 75.9 cm³/mol. The van der Waals surface area contributed by atoms with Gasteiger partial charge in [-0.2, -0.15) is 0 Å². The molecule has 96 valence electrons. The first-order chi connectivity index (χ1) is 8.47. The first kappa shape index (κ1) is 13.2.